The molecule has 0 aromatic heterocycles. The Hall–Kier alpha value is 0.577. The zero-order valence-corrected chi connectivity index (χ0v) is 24.6. The third-order valence-corrected chi connectivity index (χ3v) is 43.9. The third kappa shape index (κ3) is 3.73. The van der Waals surface area contributed by atoms with Crippen molar-refractivity contribution in [3.05, 3.63) is 29.3 Å². The summed E-state index contributed by atoms with van der Waals surface area (Å²) in [6.07, 6.45) is 1.19. The summed E-state index contributed by atoms with van der Waals surface area (Å²) in [6, 6.07) is 6.80. The molecule has 6 heteroatoms. The first-order valence-electron chi connectivity index (χ1n) is 10.4. The van der Waals surface area contributed by atoms with Gasteiger partial charge in [-0.1, -0.05) is 0 Å². The van der Waals surface area contributed by atoms with E-state index in [2.05, 4.69) is 89.0 Å². The second-order valence-electron chi connectivity index (χ2n) is 10.9. The summed E-state index contributed by atoms with van der Waals surface area (Å²) in [5.41, 5.74) is 4.21. The molecule has 27 heavy (non-hydrogen) atoms. The normalized spacial score (nSPS) is 20.0. The first-order valence-corrected chi connectivity index (χ1v) is 24.9. The molecule has 2 rings (SSSR count). The van der Waals surface area contributed by atoms with Crippen molar-refractivity contribution >= 4 is 53.5 Å². The van der Waals surface area contributed by atoms with Crippen LogP contribution in [0.15, 0.2) is 18.2 Å². The summed E-state index contributed by atoms with van der Waals surface area (Å²) in [5, 5.41) is 0. The predicted molar refractivity (Wildman–Crippen MR) is 133 cm³/mol. The maximum atomic E-state index is 7.66. The van der Waals surface area contributed by atoms with Crippen molar-refractivity contribution in [2.24, 2.45) is 0 Å². The van der Waals surface area contributed by atoms with Crippen LogP contribution in [0, 0.1) is 0 Å². The van der Waals surface area contributed by atoms with Gasteiger partial charge < -0.3 is 0 Å². The molecule has 1 aliphatic heterocycles. The molecule has 0 atom stereocenters. The molecule has 0 unspecified atom stereocenters. The number of anilines is 1. The topological polar surface area (TPSA) is 3.24 Å². The molecule has 1 aromatic rings. The fourth-order valence-electron chi connectivity index (χ4n) is 5.65. The average molecular weight is 505 g/mol. The average Bonchev–Trinajstić information content (AvgIpc) is 2.77. The van der Waals surface area contributed by atoms with Gasteiger partial charge in [0.2, 0.25) is 0 Å². The van der Waals surface area contributed by atoms with Gasteiger partial charge >= 0.3 is 182 Å². The van der Waals surface area contributed by atoms with Gasteiger partial charge in [0, 0.05) is 0 Å². The Labute approximate surface area is 181 Å². The van der Waals surface area contributed by atoms with E-state index in [9.17, 15) is 0 Å². The van der Waals surface area contributed by atoms with Gasteiger partial charge in [-0.15, -0.1) is 0 Å². The summed E-state index contributed by atoms with van der Waals surface area (Å²) in [7, 11) is 12.2. The second kappa shape index (κ2) is 7.68. The fraction of sp³-hybridized carbons (Fsp3) is 0.714. The summed E-state index contributed by atoms with van der Waals surface area (Å²) < 4.78 is 2.80. The molecule has 0 saturated carbocycles. The van der Waals surface area contributed by atoms with E-state index in [0.717, 1.165) is 6.54 Å². The number of hydrogen-bond acceptors (Lipinski definition) is 1. The third-order valence-electron chi connectivity index (χ3n) is 6.74. The molecule has 1 fully saturated rings. The van der Waals surface area contributed by atoms with Gasteiger partial charge in [-0.3, -0.25) is 0 Å². The van der Waals surface area contributed by atoms with Crippen molar-refractivity contribution in [3.63, 3.8) is 0 Å². The first kappa shape index (κ1) is 23.9. The SMILES string of the molecule is CC(C)c1cccc(C(C)C)c1[N]1CC[C]([Si](C)(C)C)([Si](C)(C)C)[Ge]1([Cl])[Cl]. The van der Waals surface area contributed by atoms with Crippen molar-refractivity contribution in [3.8, 4) is 0 Å². The zero-order valence-electron chi connectivity index (χ0n) is 19.0. The van der Waals surface area contributed by atoms with Crippen LogP contribution < -0.4 is 3.86 Å². The molecule has 0 bridgehead atoms. The molecular formula is C21H39Cl2GeNSi2. The van der Waals surface area contributed by atoms with E-state index in [1.807, 2.05) is 0 Å². The van der Waals surface area contributed by atoms with Crippen LogP contribution in [-0.2, 0) is 0 Å². The molecule has 1 aromatic carbocycles. The number of halogens is 2. The Morgan fingerprint density at radius 1 is 0.889 bits per heavy atom. The molecule has 154 valence electrons. The van der Waals surface area contributed by atoms with Crippen molar-refractivity contribution in [1.29, 1.82) is 0 Å². The van der Waals surface area contributed by atoms with Crippen molar-refractivity contribution in [1.82, 2.24) is 0 Å². The predicted octanol–water partition coefficient (Wildman–Crippen LogP) is 8.06. The van der Waals surface area contributed by atoms with Gasteiger partial charge in [-0.2, -0.15) is 0 Å². The van der Waals surface area contributed by atoms with Gasteiger partial charge in [0.15, 0.2) is 0 Å². The molecule has 1 heterocycles. The van der Waals surface area contributed by atoms with E-state index in [-0.39, 0.29) is 3.49 Å². The van der Waals surface area contributed by atoms with Gasteiger partial charge in [0.05, 0.1) is 0 Å². The molecule has 0 amide bonds. The van der Waals surface area contributed by atoms with E-state index in [1.54, 1.807) is 0 Å². The van der Waals surface area contributed by atoms with Gasteiger partial charge in [-0.25, -0.2) is 0 Å². The Morgan fingerprint density at radius 3 is 1.59 bits per heavy atom. The Bertz CT molecular complexity index is 650. The van der Waals surface area contributed by atoms with Crippen LogP contribution in [0.25, 0.3) is 0 Å². The standard InChI is InChI=1S/C21H39Cl2GeNSi2/c1-16(2)18-12-11-13-19(17(3)4)20(18)25-15-14-21(24(25,22)23,26(5,6)7)27(8,9)10/h11-13,16-17H,14-15H2,1-10H3. The van der Waals surface area contributed by atoms with Crippen LogP contribution in [0.1, 0.15) is 57.1 Å². The van der Waals surface area contributed by atoms with Crippen molar-refractivity contribution in [2.45, 2.75) is 88.7 Å². The number of rotatable bonds is 5. The quantitative estimate of drug-likeness (QED) is 0.366. The molecule has 1 saturated heterocycles. The molecule has 0 N–H and O–H groups in total. The van der Waals surface area contributed by atoms with Crippen LogP contribution in [0.2, 0.25) is 42.8 Å². The van der Waals surface area contributed by atoms with E-state index < -0.39 is 27.8 Å². The van der Waals surface area contributed by atoms with Crippen molar-refractivity contribution < 1.29 is 0 Å². The number of para-hydroxylation sites is 1. The van der Waals surface area contributed by atoms with Crippen LogP contribution in [0.3, 0.4) is 0 Å². The fourth-order valence-corrected chi connectivity index (χ4v) is 55.1. The molecular weight excluding hydrogens is 466 g/mol. The van der Waals surface area contributed by atoms with Gasteiger partial charge in [0.1, 0.15) is 0 Å². The van der Waals surface area contributed by atoms with Gasteiger partial charge in [0.25, 0.3) is 0 Å². The molecule has 0 radical (unpaired) electrons. The first-order chi connectivity index (χ1) is 12.1. The van der Waals surface area contributed by atoms with E-state index in [1.165, 1.54) is 23.2 Å². The minimum absolute atomic E-state index is 0.224. The van der Waals surface area contributed by atoms with Gasteiger partial charge in [-0.05, 0) is 0 Å². The summed E-state index contributed by atoms with van der Waals surface area (Å²) in [5.74, 6) is 0.943. The van der Waals surface area contributed by atoms with Crippen LogP contribution >= 0.6 is 20.0 Å². The Balaban J connectivity index is 2.77. The molecule has 0 aliphatic carbocycles. The van der Waals surface area contributed by atoms with Crippen molar-refractivity contribution in [2.75, 3.05) is 10.4 Å². The van der Waals surface area contributed by atoms with Crippen LogP contribution in [0.5, 0.6) is 0 Å². The molecule has 1 nitrogen and oxygen atoms in total. The number of hydrogen-bond donors (Lipinski definition) is 0. The summed E-state index contributed by atoms with van der Waals surface area (Å²) in [6.45, 7) is 25.3. The Kier molecular flexibility index (Phi) is 6.79. The van der Waals surface area contributed by atoms with E-state index >= 15 is 0 Å². The van der Waals surface area contributed by atoms with E-state index in [4.69, 9.17) is 20.0 Å². The summed E-state index contributed by atoms with van der Waals surface area (Å²) >= 11 is -3.37. The number of benzene rings is 1. The molecule has 1 aliphatic rings. The Morgan fingerprint density at radius 2 is 1.30 bits per heavy atom. The van der Waals surface area contributed by atoms with Crippen LogP contribution in [-0.4, -0.2) is 34.3 Å². The maximum absolute atomic E-state index is 7.66. The molecule has 0 spiro atoms. The van der Waals surface area contributed by atoms with Crippen LogP contribution in [0.4, 0.5) is 5.69 Å². The second-order valence-corrected chi connectivity index (χ2v) is 36.1. The zero-order chi connectivity index (χ0) is 21.0. The van der Waals surface area contributed by atoms with E-state index in [0.29, 0.717) is 11.8 Å². The summed E-state index contributed by atoms with van der Waals surface area (Å²) in [4.78, 5) is 0. The monoisotopic (exact) mass is 505 g/mol. The minimum atomic E-state index is -3.37. The number of nitrogens with zero attached hydrogens (tertiary/aromatic N) is 1.